The number of carbonyl (C=O) groups excluding carboxylic acids is 2. The Kier molecular flexibility index (Phi) is 5.79. The lowest BCUT2D eigenvalue weighted by Crippen LogP contribution is -2.70. The predicted octanol–water partition coefficient (Wildman–Crippen LogP) is 4.04. The van der Waals surface area contributed by atoms with Gasteiger partial charge < -0.3 is 28.4 Å². The highest BCUT2D eigenvalue weighted by atomic mass is 16.8. The lowest BCUT2D eigenvalue weighted by Gasteiger charge is -2.61. The van der Waals surface area contributed by atoms with Crippen LogP contribution in [0.2, 0.25) is 0 Å². The molecule has 212 valence electrons. The topological polar surface area (TPSA) is 89.5 Å². The van der Waals surface area contributed by atoms with Crippen LogP contribution in [-0.4, -0.2) is 62.1 Å². The van der Waals surface area contributed by atoms with E-state index in [2.05, 4.69) is 24.3 Å². The van der Waals surface area contributed by atoms with Crippen LogP contribution >= 0.6 is 0 Å². The van der Waals surface area contributed by atoms with E-state index in [1.165, 1.54) is 0 Å². The zero-order chi connectivity index (χ0) is 27.9. The van der Waals surface area contributed by atoms with Gasteiger partial charge >= 0.3 is 11.9 Å². The van der Waals surface area contributed by atoms with Crippen molar-refractivity contribution in [3.8, 4) is 0 Å². The van der Waals surface area contributed by atoms with Crippen molar-refractivity contribution in [2.24, 2.45) is 10.8 Å². The zero-order valence-corrected chi connectivity index (χ0v) is 23.4. The van der Waals surface area contributed by atoms with E-state index in [4.69, 9.17) is 28.4 Å². The molecule has 3 fully saturated rings. The first kappa shape index (κ1) is 26.1. The summed E-state index contributed by atoms with van der Waals surface area (Å²) in [6.45, 7) is 7.88. The standard InChI is InChI=1S/C32H36O8/c1-5-37-29(3)30(4,38-6-2)40-24-18-36-28(34)32-16-20-12-8-10-14-22(20)26(32)25-21-13-9-7-11-19(21)15-31(25,32)27(33)35-17-23(24)39-29/h7-14,23-26H,5-6,15-18H2,1-4H3/t23-,24-,25-,26+,29+,30+,31-,32+/m0/s1. The van der Waals surface area contributed by atoms with Crippen LogP contribution in [0.25, 0.3) is 0 Å². The normalized spacial score (nSPS) is 41.2. The van der Waals surface area contributed by atoms with E-state index >= 15 is 0 Å². The summed E-state index contributed by atoms with van der Waals surface area (Å²) in [5.41, 5.74) is 2.31. The van der Waals surface area contributed by atoms with Gasteiger partial charge in [-0.25, -0.2) is 0 Å². The van der Waals surface area contributed by atoms with Crippen molar-refractivity contribution < 1.29 is 38.0 Å². The van der Waals surface area contributed by atoms with Crippen LogP contribution in [0.1, 0.15) is 61.8 Å². The number of benzene rings is 2. The molecule has 3 aliphatic carbocycles. The molecule has 2 saturated heterocycles. The second-order valence-corrected chi connectivity index (χ2v) is 11.9. The van der Waals surface area contributed by atoms with Gasteiger partial charge in [0.05, 0.1) is 10.8 Å². The molecule has 2 aliphatic heterocycles. The minimum Gasteiger partial charge on any atom is -0.462 e. The first-order valence-corrected chi connectivity index (χ1v) is 14.4. The lowest BCUT2D eigenvalue weighted by molar-refractivity contribution is -0.459. The van der Waals surface area contributed by atoms with Gasteiger partial charge in [-0.2, -0.15) is 0 Å². The van der Waals surface area contributed by atoms with E-state index in [1.807, 2.05) is 38.1 Å². The molecule has 2 aromatic carbocycles. The summed E-state index contributed by atoms with van der Waals surface area (Å²) in [4.78, 5) is 28.8. The number of fused-ring (bicyclic) bond motifs is 6. The average Bonchev–Trinajstić information content (AvgIpc) is 3.40. The van der Waals surface area contributed by atoms with Crippen LogP contribution in [-0.2, 0) is 50.9 Å². The molecule has 5 aliphatic rings. The molecule has 0 amide bonds. The number of carbonyl (C=O) groups is 2. The molecule has 0 bridgehead atoms. The Balaban J connectivity index is 1.30. The summed E-state index contributed by atoms with van der Waals surface area (Å²) in [5.74, 6) is -3.62. The van der Waals surface area contributed by atoms with Crippen molar-refractivity contribution in [1.29, 1.82) is 0 Å². The molecule has 2 aromatic rings. The molecule has 1 saturated carbocycles. The van der Waals surface area contributed by atoms with Crippen LogP contribution in [0.5, 0.6) is 0 Å². The molecular formula is C32H36O8. The maximum absolute atomic E-state index is 14.4. The van der Waals surface area contributed by atoms with Crippen molar-refractivity contribution in [3.05, 3.63) is 70.8 Å². The number of rotatable bonds is 4. The molecule has 2 spiro atoms. The second kappa shape index (κ2) is 8.86. The minimum absolute atomic E-state index is 0.0512. The molecule has 0 radical (unpaired) electrons. The van der Waals surface area contributed by atoms with Gasteiger partial charge in [0.1, 0.15) is 25.4 Å². The third-order valence-corrected chi connectivity index (χ3v) is 10.2. The van der Waals surface area contributed by atoms with Gasteiger partial charge in [-0.05, 0) is 62.8 Å². The van der Waals surface area contributed by atoms with Crippen LogP contribution in [0, 0.1) is 10.8 Å². The Hall–Kier alpha value is -2.78. The molecule has 7 rings (SSSR count). The van der Waals surface area contributed by atoms with Crippen molar-refractivity contribution >= 4 is 11.9 Å². The van der Waals surface area contributed by atoms with Crippen molar-refractivity contribution in [1.82, 2.24) is 0 Å². The first-order valence-electron chi connectivity index (χ1n) is 14.4. The quantitative estimate of drug-likeness (QED) is 0.529. The van der Waals surface area contributed by atoms with Crippen molar-refractivity contribution in [2.75, 3.05) is 26.4 Å². The number of hydrogen-bond acceptors (Lipinski definition) is 8. The van der Waals surface area contributed by atoms with Crippen LogP contribution < -0.4 is 0 Å². The van der Waals surface area contributed by atoms with E-state index in [0.717, 1.165) is 22.3 Å². The smallest absolute Gasteiger partial charge is 0.314 e. The SMILES string of the molecule is CCO[C@]1(C)O[C@H]2COC(=O)[C@@]34Cc5ccccc5[C@@H]3[C@@H]3c5ccccc5C[C@@]34C(=O)OC[C@@H]2O[C@@]1(C)OCC. The minimum atomic E-state index is -1.26. The third kappa shape index (κ3) is 3.11. The fourth-order valence-electron chi connectivity index (χ4n) is 8.49. The van der Waals surface area contributed by atoms with Crippen LogP contribution in [0.4, 0.5) is 0 Å². The molecule has 0 aromatic heterocycles. The largest absolute Gasteiger partial charge is 0.462 e. The van der Waals surface area contributed by atoms with Gasteiger partial charge in [-0.3, -0.25) is 9.59 Å². The maximum Gasteiger partial charge on any atom is 0.314 e. The van der Waals surface area contributed by atoms with Gasteiger partial charge in [0.15, 0.2) is 0 Å². The van der Waals surface area contributed by atoms with E-state index in [1.54, 1.807) is 13.8 Å². The summed E-state index contributed by atoms with van der Waals surface area (Å²) in [6, 6.07) is 16.3. The maximum atomic E-state index is 14.4. The van der Waals surface area contributed by atoms with Gasteiger partial charge in [0.2, 0.25) is 11.6 Å². The molecular weight excluding hydrogens is 512 g/mol. The molecule has 8 atom stereocenters. The number of esters is 2. The van der Waals surface area contributed by atoms with Crippen molar-refractivity contribution in [2.45, 2.75) is 76.2 Å². The van der Waals surface area contributed by atoms with Crippen LogP contribution in [0.3, 0.4) is 0 Å². The average molecular weight is 549 g/mol. The van der Waals surface area contributed by atoms with E-state index in [0.29, 0.717) is 26.1 Å². The summed E-state index contributed by atoms with van der Waals surface area (Å²) in [7, 11) is 0. The highest BCUT2D eigenvalue weighted by Crippen LogP contribution is 2.81. The third-order valence-electron chi connectivity index (χ3n) is 10.2. The molecule has 40 heavy (non-hydrogen) atoms. The van der Waals surface area contributed by atoms with E-state index in [-0.39, 0.29) is 37.0 Å². The zero-order valence-electron chi connectivity index (χ0n) is 23.4. The van der Waals surface area contributed by atoms with Crippen LogP contribution in [0.15, 0.2) is 48.5 Å². The number of cyclic esters (lactones) is 2. The van der Waals surface area contributed by atoms with Crippen molar-refractivity contribution in [3.63, 3.8) is 0 Å². The van der Waals surface area contributed by atoms with Gasteiger partial charge in [-0.15, -0.1) is 0 Å². The van der Waals surface area contributed by atoms with Gasteiger partial charge in [0, 0.05) is 25.0 Å². The fraction of sp³-hybridized carbons (Fsp3) is 0.562. The molecule has 0 N–H and O–H groups in total. The highest BCUT2D eigenvalue weighted by molar-refractivity contribution is 5.97. The summed E-state index contributed by atoms with van der Waals surface area (Å²) >= 11 is 0. The number of ether oxygens (including phenoxy) is 6. The Morgan fingerprint density at radius 3 is 1.50 bits per heavy atom. The monoisotopic (exact) mass is 548 g/mol. The summed E-state index contributed by atoms with van der Waals surface area (Å²) in [5, 5.41) is 0. The van der Waals surface area contributed by atoms with E-state index in [9.17, 15) is 9.59 Å². The van der Waals surface area contributed by atoms with Gasteiger partial charge in [-0.1, -0.05) is 48.5 Å². The second-order valence-electron chi connectivity index (χ2n) is 11.9. The first-order chi connectivity index (χ1) is 19.2. The van der Waals surface area contributed by atoms with Gasteiger partial charge in [0.25, 0.3) is 0 Å². The Morgan fingerprint density at radius 2 is 1.10 bits per heavy atom. The Morgan fingerprint density at radius 1 is 0.700 bits per heavy atom. The molecule has 2 heterocycles. The molecule has 8 nitrogen and oxygen atoms in total. The Bertz CT molecular complexity index is 1270. The molecule has 0 unspecified atom stereocenters. The Labute approximate surface area is 234 Å². The predicted molar refractivity (Wildman–Crippen MR) is 142 cm³/mol. The molecule has 8 heteroatoms. The lowest BCUT2D eigenvalue weighted by atomic mass is 9.38. The van der Waals surface area contributed by atoms with E-state index < -0.39 is 34.6 Å². The summed E-state index contributed by atoms with van der Waals surface area (Å²) in [6.07, 6.45) is -0.551. The fourth-order valence-corrected chi connectivity index (χ4v) is 8.49. The summed E-state index contributed by atoms with van der Waals surface area (Å²) < 4.78 is 37.2. The highest BCUT2D eigenvalue weighted by Gasteiger charge is 2.84. The number of hydrogen-bond donors (Lipinski definition) is 0.